The summed E-state index contributed by atoms with van der Waals surface area (Å²) in [5.41, 5.74) is 2.46. The van der Waals surface area contributed by atoms with Gasteiger partial charge in [-0.2, -0.15) is 0 Å². The van der Waals surface area contributed by atoms with Gasteiger partial charge < -0.3 is 10.4 Å². The number of nitrogens with one attached hydrogen (secondary N) is 1. The van der Waals surface area contributed by atoms with Crippen molar-refractivity contribution in [2.45, 2.75) is 13.0 Å². The van der Waals surface area contributed by atoms with Crippen molar-refractivity contribution in [3.8, 4) is 0 Å². The fraction of sp³-hybridized carbons (Fsp3) is 0.0909. The van der Waals surface area contributed by atoms with Crippen molar-refractivity contribution in [1.29, 1.82) is 0 Å². The number of hydrogen-bond donors (Lipinski definition) is 2. The van der Waals surface area contributed by atoms with Gasteiger partial charge in [-0.15, -0.1) is 0 Å². The van der Waals surface area contributed by atoms with Gasteiger partial charge in [0.25, 0.3) is 5.56 Å². The molecule has 2 aromatic carbocycles. The Hall–Kier alpha value is -3.71. The summed E-state index contributed by atoms with van der Waals surface area (Å²) in [6.07, 6.45) is 4.26. The summed E-state index contributed by atoms with van der Waals surface area (Å²) in [7, 11) is 0. The Morgan fingerprint density at radius 1 is 1.17 bits per heavy atom. The number of hydrogen-bond acceptors (Lipinski definition) is 4. The van der Waals surface area contributed by atoms with Crippen LogP contribution in [0.3, 0.4) is 0 Å². The van der Waals surface area contributed by atoms with E-state index in [1.165, 1.54) is 0 Å². The molecule has 0 atom stereocenters. The van der Waals surface area contributed by atoms with Crippen LogP contribution in [0.15, 0.2) is 59.4 Å². The van der Waals surface area contributed by atoms with Gasteiger partial charge in [0.1, 0.15) is 5.82 Å². The van der Waals surface area contributed by atoms with E-state index >= 15 is 0 Å². The van der Waals surface area contributed by atoms with Crippen molar-refractivity contribution < 1.29 is 14.7 Å². The molecule has 2 N–H and O–H groups in total. The first kappa shape index (κ1) is 19.6. The monoisotopic (exact) mass is 421 g/mol. The summed E-state index contributed by atoms with van der Waals surface area (Å²) in [5, 5.41) is 12.2. The minimum Gasteiger partial charge on any atom is -0.478 e. The predicted octanol–water partition coefficient (Wildman–Crippen LogP) is 3.57. The zero-order chi connectivity index (χ0) is 21.3. The maximum Gasteiger partial charge on any atom is 0.328 e. The maximum atomic E-state index is 12.9. The molecule has 1 aromatic heterocycles. The highest BCUT2D eigenvalue weighted by Gasteiger charge is 2.21. The number of carbonyl (C=O) groups is 2. The lowest BCUT2D eigenvalue weighted by molar-refractivity contribution is -0.131. The topological polar surface area (TPSA) is 101 Å². The zero-order valence-electron chi connectivity index (χ0n) is 15.6. The number of carboxylic acid groups (broad SMARTS) is 1. The lowest BCUT2D eigenvalue weighted by Crippen LogP contribution is -2.21. The van der Waals surface area contributed by atoms with Crippen molar-refractivity contribution in [1.82, 2.24) is 9.55 Å². The highest BCUT2D eigenvalue weighted by atomic mass is 35.5. The molecule has 1 aliphatic heterocycles. The highest BCUT2D eigenvalue weighted by Crippen LogP contribution is 2.29. The fourth-order valence-corrected chi connectivity index (χ4v) is 3.53. The van der Waals surface area contributed by atoms with Gasteiger partial charge in [-0.3, -0.25) is 14.2 Å². The van der Waals surface area contributed by atoms with Gasteiger partial charge in [0.15, 0.2) is 0 Å². The Bertz CT molecular complexity index is 1310. The van der Waals surface area contributed by atoms with Crippen LogP contribution >= 0.6 is 11.6 Å². The summed E-state index contributed by atoms with van der Waals surface area (Å²) in [5.74, 6) is -1.23. The first-order valence-electron chi connectivity index (χ1n) is 9.14. The normalized spacial score (nSPS) is 14.4. The van der Waals surface area contributed by atoms with Crippen LogP contribution in [0.1, 0.15) is 17.8 Å². The molecule has 3 aromatic rings. The first-order valence-corrected chi connectivity index (χ1v) is 9.52. The molecule has 1 amide bonds. The van der Waals surface area contributed by atoms with Crippen LogP contribution in [-0.4, -0.2) is 26.5 Å². The average Bonchev–Trinajstić information content (AvgIpc) is 3.11. The van der Waals surface area contributed by atoms with E-state index in [0.29, 0.717) is 40.4 Å². The molecule has 0 bridgehead atoms. The van der Waals surface area contributed by atoms with E-state index in [2.05, 4.69) is 10.3 Å². The molecule has 0 radical (unpaired) electrons. The molecular formula is C22H16ClN3O4. The van der Waals surface area contributed by atoms with Crippen LogP contribution in [0.2, 0.25) is 5.02 Å². The first-order chi connectivity index (χ1) is 14.4. The van der Waals surface area contributed by atoms with Gasteiger partial charge in [0, 0.05) is 29.4 Å². The minimum absolute atomic E-state index is 0.152. The van der Waals surface area contributed by atoms with Crippen LogP contribution in [-0.2, 0) is 16.1 Å². The second-order valence-electron chi connectivity index (χ2n) is 6.73. The number of halogens is 1. The summed E-state index contributed by atoms with van der Waals surface area (Å²) in [4.78, 5) is 39.9. The third-order valence-corrected chi connectivity index (χ3v) is 5.07. The number of aliphatic carboxylic acids is 1. The largest absolute Gasteiger partial charge is 0.478 e. The fourth-order valence-electron chi connectivity index (χ4n) is 3.34. The van der Waals surface area contributed by atoms with Gasteiger partial charge in [-0.25, -0.2) is 9.78 Å². The van der Waals surface area contributed by atoms with Crippen molar-refractivity contribution in [3.05, 3.63) is 81.4 Å². The Morgan fingerprint density at radius 2 is 1.97 bits per heavy atom. The molecule has 4 rings (SSSR count). The number of aromatic nitrogens is 2. The van der Waals surface area contributed by atoms with E-state index in [4.69, 9.17) is 16.7 Å². The van der Waals surface area contributed by atoms with Crippen molar-refractivity contribution in [2.24, 2.45) is 0 Å². The molecule has 0 fully saturated rings. The Balaban J connectivity index is 1.73. The van der Waals surface area contributed by atoms with Gasteiger partial charge in [0.2, 0.25) is 5.91 Å². The summed E-state index contributed by atoms with van der Waals surface area (Å²) in [6.45, 7) is 0.534. The van der Waals surface area contributed by atoms with Crippen LogP contribution < -0.4 is 10.9 Å². The maximum absolute atomic E-state index is 12.9. The van der Waals surface area contributed by atoms with E-state index in [0.717, 1.165) is 23.3 Å². The van der Waals surface area contributed by atoms with Crippen molar-refractivity contribution in [2.75, 3.05) is 5.32 Å². The predicted molar refractivity (Wildman–Crippen MR) is 115 cm³/mol. The summed E-state index contributed by atoms with van der Waals surface area (Å²) < 4.78 is 1.64. The van der Waals surface area contributed by atoms with Crippen LogP contribution in [0.4, 0.5) is 5.69 Å². The van der Waals surface area contributed by atoms with E-state index in [1.807, 2.05) is 24.3 Å². The standard InChI is InChI=1S/C22H16ClN3O4/c23-17-4-2-1-3-13(17)11-14-9-10-26-21(14)25-18-12-15(5-6-16(18)22(26)30)24-19(27)7-8-20(28)29/h1-8,11-12H,9-10H2,(H,24,27)(H,28,29). The second kappa shape index (κ2) is 7.96. The molecule has 0 aliphatic carbocycles. The van der Waals surface area contributed by atoms with E-state index < -0.39 is 11.9 Å². The van der Waals surface area contributed by atoms with Crippen molar-refractivity contribution >= 4 is 51.7 Å². The summed E-state index contributed by atoms with van der Waals surface area (Å²) >= 11 is 6.25. The van der Waals surface area contributed by atoms with E-state index in [1.54, 1.807) is 28.8 Å². The molecule has 150 valence electrons. The number of amides is 1. The third-order valence-electron chi connectivity index (χ3n) is 4.73. The van der Waals surface area contributed by atoms with Crippen LogP contribution in [0.25, 0.3) is 22.6 Å². The van der Waals surface area contributed by atoms with Gasteiger partial charge >= 0.3 is 5.97 Å². The molecule has 7 nitrogen and oxygen atoms in total. The number of nitrogens with zero attached hydrogens (tertiary/aromatic N) is 2. The van der Waals surface area contributed by atoms with E-state index in [-0.39, 0.29) is 5.56 Å². The smallest absolute Gasteiger partial charge is 0.328 e. The van der Waals surface area contributed by atoms with Gasteiger partial charge in [-0.05, 0) is 47.9 Å². The Morgan fingerprint density at radius 3 is 2.73 bits per heavy atom. The number of benzene rings is 2. The molecule has 0 saturated heterocycles. The molecule has 0 unspecified atom stereocenters. The number of fused-ring (bicyclic) bond motifs is 2. The molecule has 8 heteroatoms. The van der Waals surface area contributed by atoms with Crippen molar-refractivity contribution in [3.63, 3.8) is 0 Å². The Kier molecular flexibility index (Phi) is 5.20. The average molecular weight is 422 g/mol. The van der Waals surface area contributed by atoms with Gasteiger partial charge in [0.05, 0.1) is 10.9 Å². The third kappa shape index (κ3) is 3.88. The zero-order valence-corrected chi connectivity index (χ0v) is 16.4. The van der Waals surface area contributed by atoms with Crippen LogP contribution in [0.5, 0.6) is 0 Å². The molecule has 2 heterocycles. The molecular weight excluding hydrogens is 406 g/mol. The minimum atomic E-state index is -1.22. The Labute approximate surface area is 175 Å². The SMILES string of the molecule is O=C(O)C=CC(=O)Nc1ccc2c(=O)n3c(nc2c1)C(=Cc1ccccc1Cl)CC3. The molecule has 0 spiro atoms. The summed E-state index contributed by atoms with van der Waals surface area (Å²) in [6, 6.07) is 12.2. The van der Waals surface area contributed by atoms with Crippen LogP contribution in [0, 0.1) is 0 Å². The number of carboxylic acids is 1. The number of carbonyl (C=O) groups excluding carboxylic acids is 1. The lowest BCUT2D eigenvalue weighted by Gasteiger charge is -2.08. The van der Waals surface area contributed by atoms with E-state index in [9.17, 15) is 14.4 Å². The number of allylic oxidation sites excluding steroid dienone is 1. The quantitative estimate of drug-likeness (QED) is 0.627. The second-order valence-corrected chi connectivity index (χ2v) is 7.13. The molecule has 30 heavy (non-hydrogen) atoms. The molecule has 0 saturated carbocycles. The molecule has 1 aliphatic rings. The lowest BCUT2D eigenvalue weighted by atomic mass is 10.1. The van der Waals surface area contributed by atoms with Gasteiger partial charge in [-0.1, -0.05) is 29.8 Å². The highest BCUT2D eigenvalue weighted by molar-refractivity contribution is 6.32. The number of anilines is 1. The number of rotatable bonds is 4.